The van der Waals surface area contributed by atoms with Crippen LogP contribution in [0.25, 0.3) is 40.7 Å². The third kappa shape index (κ3) is 8.13. The second-order valence-electron chi connectivity index (χ2n) is 12.9. The fraction of sp³-hybridized carbons (Fsp3) is 0.550. The van der Waals surface area contributed by atoms with Crippen molar-refractivity contribution in [3.05, 3.63) is 57.3 Å². The van der Waals surface area contributed by atoms with E-state index in [4.69, 9.17) is 0 Å². The zero-order valence-corrected chi connectivity index (χ0v) is 29.9. The van der Waals surface area contributed by atoms with Crippen molar-refractivity contribution in [1.29, 1.82) is 0 Å². The summed E-state index contributed by atoms with van der Waals surface area (Å²) in [7, 11) is 0. The minimum Gasteiger partial charge on any atom is -0.140 e. The number of benzene rings is 2. The maximum atomic E-state index is 2.48. The summed E-state index contributed by atoms with van der Waals surface area (Å²) in [5.41, 5.74) is 3.22. The molecule has 0 aliphatic carbocycles. The van der Waals surface area contributed by atoms with E-state index in [1.807, 2.05) is 22.7 Å². The summed E-state index contributed by atoms with van der Waals surface area (Å²) in [4.78, 5) is 5.93. The highest BCUT2D eigenvalue weighted by molar-refractivity contribution is 7.27. The third-order valence-electron chi connectivity index (χ3n) is 9.44. The lowest BCUT2D eigenvalue weighted by atomic mass is 9.97. The molecule has 0 saturated carbocycles. The summed E-state index contributed by atoms with van der Waals surface area (Å²) in [6.45, 7) is 9.22. The molecule has 43 heavy (non-hydrogen) atoms. The van der Waals surface area contributed by atoms with E-state index in [1.54, 1.807) is 11.1 Å². The molecule has 0 aliphatic heterocycles. The molecule has 0 saturated heterocycles. The Balaban J connectivity index is 1.36. The maximum absolute atomic E-state index is 2.48. The first-order valence-electron chi connectivity index (χ1n) is 17.6. The van der Waals surface area contributed by atoms with Gasteiger partial charge < -0.3 is 0 Å². The summed E-state index contributed by atoms with van der Waals surface area (Å²) >= 11 is 6.06. The van der Waals surface area contributed by atoms with Crippen LogP contribution in [0, 0.1) is 13.8 Å². The van der Waals surface area contributed by atoms with Gasteiger partial charge in [0.1, 0.15) is 0 Å². The molecule has 0 radical (unpaired) electrons. The zero-order valence-electron chi connectivity index (χ0n) is 27.4. The topological polar surface area (TPSA) is 0 Å². The van der Waals surface area contributed by atoms with Crippen LogP contribution in [0.3, 0.4) is 0 Å². The number of thiophene rings is 3. The van der Waals surface area contributed by atoms with Gasteiger partial charge in [0.25, 0.3) is 0 Å². The van der Waals surface area contributed by atoms with Crippen LogP contribution < -0.4 is 0 Å². The van der Waals surface area contributed by atoms with Gasteiger partial charge in [-0.05, 0) is 73.6 Å². The molecule has 2 aromatic carbocycles. The van der Waals surface area contributed by atoms with Gasteiger partial charge in [0.15, 0.2) is 0 Å². The first-order chi connectivity index (χ1) is 21.1. The highest BCUT2D eigenvalue weighted by atomic mass is 32.1. The summed E-state index contributed by atoms with van der Waals surface area (Å²) < 4.78 is 3.02. The molecule has 0 nitrogen and oxygen atoms in total. The molecular weight excluding hydrogens is 577 g/mol. The van der Waals surface area contributed by atoms with Gasteiger partial charge in [-0.1, -0.05) is 128 Å². The Morgan fingerprint density at radius 3 is 1.44 bits per heavy atom. The molecule has 232 valence electrons. The van der Waals surface area contributed by atoms with Crippen molar-refractivity contribution < 1.29 is 0 Å². The van der Waals surface area contributed by atoms with Gasteiger partial charge in [0.05, 0.1) is 0 Å². The molecule has 5 rings (SSSR count). The van der Waals surface area contributed by atoms with Crippen LogP contribution in [0.1, 0.15) is 137 Å². The number of rotatable bonds is 19. The molecule has 0 aliphatic rings. The standard InChI is InChI=1S/C40H54S3/c1-5-7-9-11-13-15-17-19-21-31-30(4)42-38-33(31)24-25-36-35(38)27-26-34-32(22-20-18-16-14-12-10-8-6-2)40(43-39(34)36)37-28-23-29(3)41-37/h23-28H,5-22H2,1-4H3. The maximum Gasteiger partial charge on any atom is 0.0487 e. The minimum absolute atomic E-state index is 1.20. The van der Waals surface area contributed by atoms with Gasteiger partial charge in [-0.25, -0.2) is 0 Å². The average Bonchev–Trinajstić information content (AvgIpc) is 3.70. The smallest absolute Gasteiger partial charge is 0.0487 e. The Morgan fingerprint density at radius 1 is 0.442 bits per heavy atom. The molecular formula is C40H54S3. The summed E-state index contributed by atoms with van der Waals surface area (Å²) in [6.07, 6.45) is 24.6. The van der Waals surface area contributed by atoms with Crippen LogP contribution in [0.4, 0.5) is 0 Å². The van der Waals surface area contributed by atoms with E-state index in [0.29, 0.717) is 0 Å². The molecule has 0 spiro atoms. The van der Waals surface area contributed by atoms with Crippen molar-refractivity contribution in [3.63, 3.8) is 0 Å². The predicted octanol–water partition coefficient (Wildman–Crippen LogP) is 15.0. The SMILES string of the molecule is CCCCCCCCCCc1c(C)sc2c1ccc1c2ccc2c(CCCCCCCCCC)c(-c3ccc(C)s3)sc21. The van der Waals surface area contributed by atoms with Gasteiger partial charge in [-0.2, -0.15) is 0 Å². The normalized spacial score (nSPS) is 12.0. The van der Waals surface area contributed by atoms with E-state index >= 15 is 0 Å². The molecule has 0 N–H and O–H groups in total. The van der Waals surface area contributed by atoms with E-state index in [9.17, 15) is 0 Å². The first-order valence-corrected chi connectivity index (χ1v) is 20.0. The molecule has 0 fully saturated rings. The van der Waals surface area contributed by atoms with Gasteiger partial charge in [0.2, 0.25) is 0 Å². The van der Waals surface area contributed by atoms with Gasteiger partial charge >= 0.3 is 0 Å². The second kappa shape index (κ2) is 16.6. The van der Waals surface area contributed by atoms with E-state index < -0.39 is 0 Å². The molecule has 0 unspecified atom stereocenters. The summed E-state index contributed by atoms with van der Waals surface area (Å²) in [6, 6.07) is 14.5. The summed E-state index contributed by atoms with van der Waals surface area (Å²) in [5, 5.41) is 5.95. The van der Waals surface area contributed by atoms with Crippen molar-refractivity contribution in [2.75, 3.05) is 0 Å². The van der Waals surface area contributed by atoms with Crippen LogP contribution in [0.15, 0.2) is 36.4 Å². The van der Waals surface area contributed by atoms with Crippen LogP contribution in [-0.2, 0) is 12.8 Å². The first kappa shape index (κ1) is 32.7. The molecule has 5 aromatic rings. The van der Waals surface area contributed by atoms with Crippen molar-refractivity contribution in [2.24, 2.45) is 0 Å². The van der Waals surface area contributed by atoms with Crippen molar-refractivity contribution >= 4 is 65.0 Å². The van der Waals surface area contributed by atoms with E-state index in [2.05, 4.69) is 75.4 Å². The van der Waals surface area contributed by atoms with Crippen LogP contribution in [0.2, 0.25) is 0 Å². The molecule has 3 aromatic heterocycles. The largest absolute Gasteiger partial charge is 0.140 e. The zero-order chi connectivity index (χ0) is 30.0. The minimum atomic E-state index is 1.20. The molecule has 3 heteroatoms. The fourth-order valence-corrected chi connectivity index (χ4v) is 10.5. The lowest BCUT2D eigenvalue weighted by Crippen LogP contribution is -1.88. The second-order valence-corrected chi connectivity index (χ2v) is 16.4. The Labute approximate surface area is 273 Å². The third-order valence-corrected chi connectivity index (χ3v) is 13.1. The fourth-order valence-electron chi connectivity index (χ4n) is 6.92. The van der Waals surface area contributed by atoms with E-state index in [1.165, 1.54) is 166 Å². The predicted molar refractivity (Wildman–Crippen MR) is 200 cm³/mol. The molecule has 0 amide bonds. The Kier molecular flexibility index (Phi) is 12.6. The van der Waals surface area contributed by atoms with Crippen molar-refractivity contribution in [2.45, 2.75) is 143 Å². The molecule has 0 bridgehead atoms. The van der Waals surface area contributed by atoms with Gasteiger partial charge in [-0.15, -0.1) is 34.0 Å². The lowest BCUT2D eigenvalue weighted by molar-refractivity contribution is 0.576. The number of fused-ring (bicyclic) bond motifs is 5. The monoisotopic (exact) mass is 630 g/mol. The van der Waals surface area contributed by atoms with Gasteiger partial charge in [0, 0.05) is 39.7 Å². The van der Waals surface area contributed by atoms with Crippen molar-refractivity contribution in [3.8, 4) is 9.75 Å². The Hall–Kier alpha value is -1.68. The average molecular weight is 631 g/mol. The highest BCUT2D eigenvalue weighted by Gasteiger charge is 2.19. The molecule has 3 heterocycles. The Bertz CT molecular complexity index is 1580. The van der Waals surface area contributed by atoms with Crippen LogP contribution >= 0.6 is 34.0 Å². The quantitative estimate of drug-likeness (QED) is 0.0796. The number of unbranched alkanes of at least 4 members (excludes halogenated alkanes) is 14. The van der Waals surface area contributed by atoms with Crippen molar-refractivity contribution in [1.82, 2.24) is 0 Å². The van der Waals surface area contributed by atoms with Crippen LogP contribution in [0.5, 0.6) is 0 Å². The number of hydrogen-bond donors (Lipinski definition) is 0. The van der Waals surface area contributed by atoms with Gasteiger partial charge in [-0.3, -0.25) is 0 Å². The molecule has 0 atom stereocenters. The van der Waals surface area contributed by atoms with Crippen LogP contribution in [-0.4, -0.2) is 0 Å². The lowest BCUT2D eigenvalue weighted by Gasteiger charge is -2.06. The summed E-state index contributed by atoms with van der Waals surface area (Å²) in [5.74, 6) is 0. The van der Waals surface area contributed by atoms with E-state index in [0.717, 1.165) is 0 Å². The Morgan fingerprint density at radius 2 is 0.907 bits per heavy atom. The highest BCUT2D eigenvalue weighted by Crippen LogP contribution is 2.47. The number of hydrogen-bond acceptors (Lipinski definition) is 3. The van der Waals surface area contributed by atoms with E-state index in [-0.39, 0.29) is 0 Å². The number of aryl methyl sites for hydroxylation is 4.